The van der Waals surface area contributed by atoms with Crippen LogP contribution >= 0.6 is 0 Å². The number of carbonyl (C=O) groups is 3. The number of carboxylic acids is 1. The number of H-pyrrole nitrogens is 1. The van der Waals surface area contributed by atoms with Gasteiger partial charge in [0.15, 0.2) is 5.69 Å². The average molecular weight is 505 g/mol. The number of carboxylic acid groups (broad SMARTS) is 1. The van der Waals surface area contributed by atoms with Crippen molar-refractivity contribution in [2.24, 2.45) is 5.41 Å². The van der Waals surface area contributed by atoms with Crippen LogP contribution in [0.5, 0.6) is 0 Å². The summed E-state index contributed by atoms with van der Waals surface area (Å²) >= 11 is 0. The standard InChI is InChI=1S/C28H32N4O5/c1-28(2,27(36)37)16-21(14-18-8-10-20(11-9-18)19-6-4-3-5-7-19)29-25(34)23-15-24(31-30-23)26(35)32-13-12-22(33)17-32/h3-11,15,21-22,33H,12-14,16-17H2,1-2H3,(H,29,34)(H,30,31)(H,36,37)/t21?,22-/m1/s1. The van der Waals surface area contributed by atoms with Gasteiger partial charge in [-0.05, 0) is 49.8 Å². The fourth-order valence-electron chi connectivity index (χ4n) is 4.52. The number of likely N-dealkylation sites (tertiary alicyclic amines) is 1. The van der Waals surface area contributed by atoms with E-state index < -0.39 is 29.4 Å². The lowest BCUT2D eigenvalue weighted by molar-refractivity contribution is -0.147. The molecule has 194 valence electrons. The molecule has 0 saturated carbocycles. The summed E-state index contributed by atoms with van der Waals surface area (Å²) < 4.78 is 0. The molecule has 1 aliphatic rings. The molecule has 2 aromatic carbocycles. The zero-order chi connectivity index (χ0) is 26.6. The first-order valence-corrected chi connectivity index (χ1v) is 12.3. The Balaban J connectivity index is 1.47. The van der Waals surface area contributed by atoms with Crippen LogP contribution in [0.15, 0.2) is 60.7 Å². The van der Waals surface area contributed by atoms with Gasteiger partial charge in [0.05, 0.1) is 11.5 Å². The van der Waals surface area contributed by atoms with E-state index in [1.54, 1.807) is 13.8 Å². The molecule has 0 radical (unpaired) electrons. The third kappa shape index (κ3) is 6.42. The van der Waals surface area contributed by atoms with Crippen molar-refractivity contribution in [3.8, 4) is 11.1 Å². The number of β-amino-alcohol motifs (C(OH)–C–C–N with tert-alkyl or cyclic N) is 1. The molecule has 2 atom stereocenters. The fourth-order valence-corrected chi connectivity index (χ4v) is 4.52. The number of hydrogen-bond acceptors (Lipinski definition) is 5. The predicted molar refractivity (Wildman–Crippen MR) is 138 cm³/mol. The summed E-state index contributed by atoms with van der Waals surface area (Å²) in [7, 11) is 0. The van der Waals surface area contributed by atoms with Crippen LogP contribution in [-0.2, 0) is 11.2 Å². The average Bonchev–Trinajstić information content (AvgIpc) is 3.54. The summed E-state index contributed by atoms with van der Waals surface area (Å²) in [5.41, 5.74) is 2.26. The van der Waals surface area contributed by atoms with Gasteiger partial charge in [0.2, 0.25) is 0 Å². The van der Waals surface area contributed by atoms with Crippen LogP contribution in [0, 0.1) is 5.41 Å². The maximum atomic E-state index is 13.1. The first-order chi connectivity index (χ1) is 17.6. The number of nitrogens with zero attached hydrogens (tertiary/aromatic N) is 2. The van der Waals surface area contributed by atoms with Crippen molar-refractivity contribution in [3.63, 3.8) is 0 Å². The Labute approximate surface area is 215 Å². The maximum absolute atomic E-state index is 13.1. The lowest BCUT2D eigenvalue weighted by atomic mass is 9.83. The second-order valence-corrected chi connectivity index (χ2v) is 10.2. The van der Waals surface area contributed by atoms with Gasteiger partial charge in [-0.2, -0.15) is 5.10 Å². The fraction of sp³-hybridized carbons (Fsp3) is 0.357. The molecule has 4 N–H and O–H groups in total. The molecule has 9 nitrogen and oxygen atoms in total. The zero-order valence-corrected chi connectivity index (χ0v) is 21.0. The van der Waals surface area contributed by atoms with Crippen molar-refractivity contribution in [1.29, 1.82) is 0 Å². The number of carbonyl (C=O) groups excluding carboxylic acids is 2. The number of aromatic nitrogens is 2. The summed E-state index contributed by atoms with van der Waals surface area (Å²) in [5, 5.41) is 28.9. The molecule has 1 aromatic heterocycles. The molecule has 4 rings (SSSR count). The van der Waals surface area contributed by atoms with Gasteiger partial charge in [0.1, 0.15) is 5.69 Å². The normalized spacial score (nSPS) is 16.4. The molecule has 2 amide bonds. The van der Waals surface area contributed by atoms with E-state index in [1.165, 1.54) is 11.0 Å². The van der Waals surface area contributed by atoms with Gasteiger partial charge in [-0.25, -0.2) is 0 Å². The summed E-state index contributed by atoms with van der Waals surface area (Å²) in [6, 6.07) is 18.9. The molecule has 1 aliphatic heterocycles. The third-order valence-electron chi connectivity index (χ3n) is 6.71. The van der Waals surface area contributed by atoms with Crippen molar-refractivity contribution in [2.75, 3.05) is 13.1 Å². The molecule has 0 bridgehead atoms. The Morgan fingerprint density at radius 2 is 1.78 bits per heavy atom. The number of aliphatic hydroxyl groups excluding tert-OH is 1. The van der Waals surface area contributed by atoms with Gasteiger partial charge in [-0.1, -0.05) is 54.6 Å². The highest BCUT2D eigenvalue weighted by atomic mass is 16.4. The van der Waals surface area contributed by atoms with Gasteiger partial charge >= 0.3 is 5.97 Å². The van der Waals surface area contributed by atoms with Crippen LogP contribution in [0.1, 0.15) is 53.2 Å². The van der Waals surface area contributed by atoms with Crippen LogP contribution in [0.4, 0.5) is 0 Å². The highest BCUT2D eigenvalue weighted by Crippen LogP contribution is 2.26. The summed E-state index contributed by atoms with van der Waals surface area (Å²) in [6.45, 7) is 3.93. The van der Waals surface area contributed by atoms with Crippen LogP contribution in [-0.4, -0.2) is 68.3 Å². The summed E-state index contributed by atoms with van der Waals surface area (Å²) in [5.74, 6) is -1.78. The summed E-state index contributed by atoms with van der Waals surface area (Å²) in [4.78, 5) is 39.0. The molecule has 9 heteroatoms. The zero-order valence-electron chi connectivity index (χ0n) is 21.0. The first kappa shape index (κ1) is 26.1. The van der Waals surface area contributed by atoms with Crippen molar-refractivity contribution in [3.05, 3.63) is 77.6 Å². The number of aliphatic carboxylic acids is 1. The molecular weight excluding hydrogens is 472 g/mol. The van der Waals surface area contributed by atoms with E-state index in [1.807, 2.05) is 54.6 Å². The molecular formula is C28H32N4O5. The molecule has 3 aromatic rings. The number of rotatable bonds is 9. The van der Waals surface area contributed by atoms with Crippen LogP contribution in [0.3, 0.4) is 0 Å². The highest BCUT2D eigenvalue weighted by molar-refractivity contribution is 5.97. The lowest BCUT2D eigenvalue weighted by Crippen LogP contribution is -2.41. The molecule has 1 fully saturated rings. The van der Waals surface area contributed by atoms with E-state index in [9.17, 15) is 24.6 Å². The predicted octanol–water partition coefficient (Wildman–Crippen LogP) is 3.13. The Bertz CT molecular complexity index is 1250. The Morgan fingerprint density at radius 3 is 2.41 bits per heavy atom. The van der Waals surface area contributed by atoms with Crippen LogP contribution in [0.2, 0.25) is 0 Å². The molecule has 37 heavy (non-hydrogen) atoms. The lowest BCUT2D eigenvalue weighted by Gasteiger charge is -2.27. The Morgan fingerprint density at radius 1 is 1.11 bits per heavy atom. The smallest absolute Gasteiger partial charge is 0.309 e. The van der Waals surface area contributed by atoms with E-state index in [0.717, 1.165) is 16.7 Å². The second kappa shape index (κ2) is 11.0. The minimum Gasteiger partial charge on any atom is -0.481 e. The van der Waals surface area contributed by atoms with Crippen molar-refractivity contribution in [1.82, 2.24) is 20.4 Å². The van der Waals surface area contributed by atoms with Gasteiger partial charge in [-0.15, -0.1) is 0 Å². The number of nitrogens with one attached hydrogen (secondary N) is 2. The van der Waals surface area contributed by atoms with Gasteiger partial charge in [-0.3, -0.25) is 19.5 Å². The van der Waals surface area contributed by atoms with Crippen molar-refractivity contribution >= 4 is 17.8 Å². The molecule has 2 heterocycles. The monoisotopic (exact) mass is 504 g/mol. The Hall–Kier alpha value is -3.98. The number of aromatic amines is 1. The number of benzene rings is 2. The van der Waals surface area contributed by atoms with E-state index >= 15 is 0 Å². The molecule has 0 aliphatic carbocycles. The number of hydrogen-bond donors (Lipinski definition) is 4. The van der Waals surface area contributed by atoms with Gasteiger partial charge < -0.3 is 20.4 Å². The van der Waals surface area contributed by atoms with E-state index in [4.69, 9.17) is 0 Å². The molecule has 1 saturated heterocycles. The topological polar surface area (TPSA) is 136 Å². The third-order valence-corrected chi connectivity index (χ3v) is 6.71. The first-order valence-electron chi connectivity index (χ1n) is 12.3. The van der Waals surface area contributed by atoms with Crippen molar-refractivity contribution in [2.45, 2.75) is 45.3 Å². The largest absolute Gasteiger partial charge is 0.481 e. The van der Waals surface area contributed by atoms with Crippen molar-refractivity contribution < 1.29 is 24.6 Å². The maximum Gasteiger partial charge on any atom is 0.309 e. The van der Waals surface area contributed by atoms with E-state index in [2.05, 4.69) is 15.5 Å². The minimum absolute atomic E-state index is 0.0955. The second-order valence-electron chi connectivity index (χ2n) is 10.2. The minimum atomic E-state index is -1.06. The summed E-state index contributed by atoms with van der Waals surface area (Å²) in [6.07, 6.45) is 0.603. The van der Waals surface area contributed by atoms with Crippen LogP contribution in [0.25, 0.3) is 11.1 Å². The number of aliphatic hydroxyl groups is 1. The van der Waals surface area contributed by atoms with E-state index in [0.29, 0.717) is 19.4 Å². The molecule has 0 spiro atoms. The number of amides is 2. The van der Waals surface area contributed by atoms with E-state index in [-0.39, 0.29) is 30.3 Å². The highest BCUT2D eigenvalue weighted by Gasteiger charge is 2.32. The Kier molecular flexibility index (Phi) is 7.73. The van der Waals surface area contributed by atoms with Crippen LogP contribution < -0.4 is 5.32 Å². The SMILES string of the molecule is CC(C)(CC(Cc1ccc(-c2ccccc2)cc1)NC(=O)c1cc(C(=O)N2CC[C@@H](O)C2)n[nH]1)C(=O)O. The van der Waals surface area contributed by atoms with Gasteiger partial charge in [0.25, 0.3) is 11.8 Å². The molecule has 1 unspecified atom stereocenters. The van der Waals surface area contributed by atoms with Gasteiger partial charge in [0, 0.05) is 25.2 Å². The quantitative estimate of drug-likeness (QED) is 0.354.